The third-order valence-corrected chi connectivity index (χ3v) is 3.66. The summed E-state index contributed by atoms with van der Waals surface area (Å²) in [7, 11) is -7.97. The van der Waals surface area contributed by atoms with Gasteiger partial charge in [0.25, 0.3) is 0 Å². The van der Waals surface area contributed by atoms with E-state index in [1.54, 1.807) is 0 Å². The van der Waals surface area contributed by atoms with Gasteiger partial charge in [-0.3, -0.25) is 0 Å². The van der Waals surface area contributed by atoms with Crippen LogP contribution in [0.25, 0.3) is 0 Å². The fraction of sp³-hybridized carbons (Fsp3) is 0.500. The van der Waals surface area contributed by atoms with Crippen molar-refractivity contribution in [1.29, 1.82) is 0 Å². The van der Waals surface area contributed by atoms with Gasteiger partial charge in [-0.1, -0.05) is 4.53 Å². The molecule has 0 saturated carbocycles. The summed E-state index contributed by atoms with van der Waals surface area (Å²) < 4.78 is 48.6. The molecule has 0 atom stereocenters. The first-order chi connectivity index (χ1) is 9.48. The summed E-state index contributed by atoms with van der Waals surface area (Å²) in [5.41, 5.74) is 1.57. The summed E-state index contributed by atoms with van der Waals surface area (Å²) in [5, 5.41) is 14.2. The molecular formula is C12H20BF4O3P. The summed E-state index contributed by atoms with van der Waals surface area (Å²) in [4.78, 5) is 2.36. The van der Waals surface area contributed by atoms with Crippen molar-refractivity contribution in [2.45, 2.75) is 39.5 Å². The van der Waals surface area contributed by atoms with Crippen LogP contribution in [0.15, 0.2) is 18.2 Å². The van der Waals surface area contributed by atoms with Crippen molar-refractivity contribution in [2.75, 3.05) is 0 Å². The van der Waals surface area contributed by atoms with Crippen molar-refractivity contribution < 1.29 is 32.0 Å². The van der Waals surface area contributed by atoms with E-state index in [1.165, 1.54) is 12.1 Å². The van der Waals surface area contributed by atoms with Crippen LogP contribution in [-0.2, 0) is 4.86 Å². The van der Waals surface area contributed by atoms with Crippen LogP contribution in [0.4, 0.5) is 17.1 Å². The van der Waals surface area contributed by atoms with Crippen LogP contribution in [0, 0.1) is 0 Å². The normalized spacial score (nSPS) is 12.2. The van der Waals surface area contributed by atoms with E-state index >= 15 is 0 Å². The molecule has 2 N–H and O–H groups in total. The van der Waals surface area contributed by atoms with Crippen LogP contribution in [0.1, 0.15) is 50.7 Å². The van der Waals surface area contributed by atoms with Crippen molar-refractivity contribution >= 4 is 20.8 Å². The van der Waals surface area contributed by atoms with E-state index in [1.807, 2.05) is 33.8 Å². The van der Waals surface area contributed by atoms with Gasteiger partial charge in [-0.25, -0.2) is 0 Å². The molecule has 0 aliphatic carbocycles. The van der Waals surface area contributed by atoms with Crippen LogP contribution < -0.4 is 5.30 Å². The minimum absolute atomic E-state index is 0.133. The van der Waals surface area contributed by atoms with Gasteiger partial charge in [0, 0.05) is 0 Å². The van der Waals surface area contributed by atoms with Crippen molar-refractivity contribution in [2.24, 2.45) is 0 Å². The average Bonchev–Trinajstić information content (AvgIpc) is 2.37. The molecule has 9 heteroatoms. The molecule has 0 aliphatic heterocycles. The summed E-state index contributed by atoms with van der Waals surface area (Å²) in [6.45, 7) is 7.67. The van der Waals surface area contributed by atoms with Gasteiger partial charge in [0.1, 0.15) is 0 Å². The Hall–Kier alpha value is -0.685. The molecule has 1 rings (SSSR count). The number of hydrogen-bond acceptors (Lipinski definition) is 3. The molecule has 0 unspecified atom stereocenters. The largest absolute Gasteiger partial charge is 0.667 e. The molecule has 0 saturated heterocycles. The Balaban J connectivity index is 0.000000690. The third-order valence-electron chi connectivity index (χ3n) is 2.72. The SMILES string of the molecule is CC(C)c1cc(C(C)C)cc([PH](F)(F)F)c1.OB(O)OF. The smallest absolute Gasteiger partial charge is 0.400 e. The number of benzene rings is 1. The Morgan fingerprint density at radius 3 is 1.48 bits per heavy atom. The van der Waals surface area contributed by atoms with E-state index in [0.717, 1.165) is 11.1 Å². The average molecular weight is 330 g/mol. The Bertz CT molecular complexity index is 413. The molecule has 21 heavy (non-hydrogen) atoms. The fourth-order valence-electron chi connectivity index (χ4n) is 1.51. The first-order valence-electron chi connectivity index (χ1n) is 6.34. The van der Waals surface area contributed by atoms with Crippen molar-refractivity contribution in [3.05, 3.63) is 29.3 Å². The molecule has 0 radical (unpaired) electrons. The number of halogens is 4. The van der Waals surface area contributed by atoms with Crippen LogP contribution in [0.3, 0.4) is 0 Å². The van der Waals surface area contributed by atoms with Gasteiger partial charge in [0.05, 0.1) is 0 Å². The molecule has 1 aromatic carbocycles. The number of hydrogen-bond donors (Lipinski definition) is 2. The third kappa shape index (κ3) is 7.76. The summed E-state index contributed by atoms with van der Waals surface area (Å²) in [5.74, 6) is 0.266. The minimum Gasteiger partial charge on any atom is -0.400 e. The predicted octanol–water partition coefficient (Wildman–Crippen LogP) is 3.82. The fourth-order valence-corrected chi connectivity index (χ4v) is 2.17. The van der Waals surface area contributed by atoms with Gasteiger partial charge in [-0.15, -0.1) is 0 Å². The van der Waals surface area contributed by atoms with E-state index in [4.69, 9.17) is 10.0 Å². The predicted molar refractivity (Wildman–Crippen MR) is 78.3 cm³/mol. The van der Waals surface area contributed by atoms with Gasteiger partial charge in [0.2, 0.25) is 0 Å². The zero-order valence-corrected chi connectivity index (χ0v) is 13.3. The van der Waals surface area contributed by atoms with Crippen molar-refractivity contribution in [3.63, 3.8) is 0 Å². The molecule has 0 heterocycles. The molecule has 0 amide bonds. The maximum absolute atomic E-state index is 12.8. The van der Waals surface area contributed by atoms with Crippen LogP contribution in [0.2, 0.25) is 0 Å². The Kier molecular flexibility index (Phi) is 8.40. The van der Waals surface area contributed by atoms with Crippen molar-refractivity contribution in [3.8, 4) is 0 Å². The zero-order chi connectivity index (χ0) is 16.8. The van der Waals surface area contributed by atoms with Crippen LogP contribution >= 0.6 is 8.19 Å². The van der Waals surface area contributed by atoms with Gasteiger partial charge >= 0.3 is 102 Å². The van der Waals surface area contributed by atoms with Gasteiger partial charge in [-0.05, 0) is 0 Å². The second kappa shape index (κ2) is 8.68. The Labute approximate surface area is 122 Å². The molecule has 0 bridgehead atoms. The zero-order valence-electron chi connectivity index (χ0n) is 12.3. The number of rotatable bonds is 4. The summed E-state index contributed by atoms with van der Waals surface area (Å²) >= 11 is 0. The van der Waals surface area contributed by atoms with Crippen LogP contribution in [0.5, 0.6) is 0 Å². The van der Waals surface area contributed by atoms with E-state index in [9.17, 15) is 17.1 Å². The first kappa shape index (κ1) is 20.3. The first-order valence-corrected chi connectivity index (χ1v) is 7.98. The Morgan fingerprint density at radius 1 is 0.952 bits per heavy atom. The van der Waals surface area contributed by atoms with Gasteiger partial charge < -0.3 is 10.0 Å². The Morgan fingerprint density at radius 2 is 1.29 bits per heavy atom. The van der Waals surface area contributed by atoms with Crippen LogP contribution in [-0.4, -0.2) is 17.4 Å². The van der Waals surface area contributed by atoms with E-state index < -0.39 is 20.8 Å². The monoisotopic (exact) mass is 330 g/mol. The second-order valence-corrected chi connectivity index (χ2v) is 6.68. The second-order valence-electron chi connectivity index (χ2n) is 5.11. The molecule has 0 aliphatic rings. The summed E-state index contributed by atoms with van der Waals surface area (Å²) in [6.07, 6.45) is 0. The van der Waals surface area contributed by atoms with Crippen molar-refractivity contribution in [1.82, 2.24) is 0 Å². The molecule has 3 nitrogen and oxygen atoms in total. The minimum atomic E-state index is -5.69. The molecule has 0 fully saturated rings. The van der Waals surface area contributed by atoms with E-state index in [-0.39, 0.29) is 11.8 Å². The standard InChI is InChI=1S/C12H18F3P.BFH2O3/c1-8(2)10-5-11(9(3)4)7-12(6-10)16(13,14)15;2-5-1(3)4/h5-9,16H,1-4H3;3-4H. The molecule has 0 spiro atoms. The van der Waals surface area contributed by atoms with Gasteiger partial charge in [0.15, 0.2) is 0 Å². The van der Waals surface area contributed by atoms with E-state index in [0.29, 0.717) is 0 Å². The molecule has 1 aromatic rings. The summed E-state index contributed by atoms with van der Waals surface area (Å²) in [6, 6.07) is 4.50. The molecule has 122 valence electrons. The topological polar surface area (TPSA) is 49.7 Å². The molecular weight excluding hydrogens is 310 g/mol. The van der Waals surface area contributed by atoms with Gasteiger partial charge in [-0.2, -0.15) is 4.86 Å². The quantitative estimate of drug-likeness (QED) is 0.501. The molecule has 0 aromatic heterocycles. The van der Waals surface area contributed by atoms with E-state index in [2.05, 4.69) is 4.86 Å². The maximum Gasteiger partial charge on any atom is 0.667 e. The maximum atomic E-state index is 12.8.